The number of aryl methyl sites for hydroxylation is 1. The van der Waals surface area contributed by atoms with Crippen molar-refractivity contribution >= 4 is 16.9 Å². The lowest BCUT2D eigenvalue weighted by atomic mass is 10.2. The van der Waals surface area contributed by atoms with Gasteiger partial charge in [-0.05, 0) is 37.6 Å². The summed E-state index contributed by atoms with van der Waals surface area (Å²) in [5.74, 6) is 1.39. The van der Waals surface area contributed by atoms with Gasteiger partial charge in [0.2, 0.25) is 0 Å². The number of methoxy groups -OCH3 is 1. The molecular weight excluding hydrogens is 318 g/mol. The van der Waals surface area contributed by atoms with Crippen molar-refractivity contribution in [3.63, 3.8) is 0 Å². The van der Waals surface area contributed by atoms with Crippen molar-refractivity contribution in [2.24, 2.45) is 0 Å². The molecule has 5 heteroatoms. The molecule has 1 amide bonds. The zero-order valence-electron chi connectivity index (χ0n) is 14.5. The topological polar surface area (TPSA) is 60.7 Å². The van der Waals surface area contributed by atoms with E-state index in [1.54, 1.807) is 19.2 Å². The molecule has 1 atom stereocenters. The number of rotatable bonds is 6. The van der Waals surface area contributed by atoms with Gasteiger partial charge in [0.15, 0.2) is 17.1 Å². The highest BCUT2D eigenvalue weighted by atomic mass is 16.5. The van der Waals surface area contributed by atoms with Gasteiger partial charge in [-0.2, -0.15) is 0 Å². The van der Waals surface area contributed by atoms with E-state index < -0.39 is 0 Å². The summed E-state index contributed by atoms with van der Waals surface area (Å²) >= 11 is 0. The number of carbonyl (C=O) groups is 1. The van der Waals surface area contributed by atoms with Crippen molar-refractivity contribution in [1.82, 2.24) is 5.32 Å². The molecule has 0 saturated heterocycles. The monoisotopic (exact) mass is 339 g/mol. The molecule has 3 rings (SSSR count). The Balaban J connectivity index is 1.64. The molecule has 130 valence electrons. The number of benzene rings is 2. The standard InChI is InChI=1S/C20H21NO4/c1-13-7-4-5-9-16(13)24-12-14(2)21-20(22)18-11-15-8-6-10-17(23-3)19(15)25-18/h4-11,14H,12H2,1-3H3,(H,21,22)/t14-/m0/s1. The molecule has 0 bridgehead atoms. The van der Waals surface area contributed by atoms with Crippen LogP contribution in [0.1, 0.15) is 23.0 Å². The Bertz CT molecular complexity index is 884. The van der Waals surface area contributed by atoms with E-state index >= 15 is 0 Å². The molecule has 0 aliphatic carbocycles. The minimum absolute atomic E-state index is 0.165. The van der Waals surface area contributed by atoms with E-state index in [1.165, 1.54) is 0 Å². The second kappa shape index (κ2) is 7.30. The van der Waals surface area contributed by atoms with Gasteiger partial charge in [0.05, 0.1) is 13.2 Å². The first-order chi connectivity index (χ1) is 12.1. The SMILES string of the molecule is COc1cccc2cc(C(=O)N[C@@H](C)COc3ccccc3C)oc12. The van der Waals surface area contributed by atoms with Crippen LogP contribution in [0, 0.1) is 6.92 Å². The van der Waals surface area contributed by atoms with Gasteiger partial charge >= 0.3 is 0 Å². The first kappa shape index (κ1) is 16.9. The Labute approximate surface area is 146 Å². The second-order valence-corrected chi connectivity index (χ2v) is 5.94. The van der Waals surface area contributed by atoms with E-state index in [1.807, 2.05) is 50.2 Å². The smallest absolute Gasteiger partial charge is 0.287 e. The zero-order chi connectivity index (χ0) is 17.8. The normalized spacial score (nSPS) is 12.0. The number of para-hydroxylation sites is 2. The first-order valence-electron chi connectivity index (χ1n) is 8.14. The van der Waals surface area contributed by atoms with E-state index in [2.05, 4.69) is 5.32 Å². The van der Waals surface area contributed by atoms with Crippen LogP contribution in [0.15, 0.2) is 52.9 Å². The molecular formula is C20H21NO4. The molecule has 0 unspecified atom stereocenters. The number of ether oxygens (including phenoxy) is 2. The predicted molar refractivity (Wildman–Crippen MR) is 96.4 cm³/mol. The van der Waals surface area contributed by atoms with Crippen LogP contribution in [0.3, 0.4) is 0 Å². The Morgan fingerprint density at radius 2 is 1.92 bits per heavy atom. The molecule has 5 nitrogen and oxygen atoms in total. The van der Waals surface area contributed by atoms with Crippen LogP contribution >= 0.6 is 0 Å². The maximum atomic E-state index is 12.4. The molecule has 0 aliphatic heterocycles. The van der Waals surface area contributed by atoms with Crippen molar-refractivity contribution < 1.29 is 18.7 Å². The number of furan rings is 1. The number of hydrogen-bond acceptors (Lipinski definition) is 4. The predicted octanol–water partition coefficient (Wildman–Crippen LogP) is 3.95. The number of fused-ring (bicyclic) bond motifs is 1. The molecule has 1 aromatic heterocycles. The number of hydrogen-bond donors (Lipinski definition) is 1. The van der Waals surface area contributed by atoms with Crippen LogP contribution in [-0.2, 0) is 0 Å². The van der Waals surface area contributed by atoms with E-state index in [-0.39, 0.29) is 17.7 Å². The van der Waals surface area contributed by atoms with Gasteiger partial charge in [-0.1, -0.05) is 30.3 Å². The second-order valence-electron chi connectivity index (χ2n) is 5.94. The van der Waals surface area contributed by atoms with Crippen molar-refractivity contribution in [3.8, 4) is 11.5 Å². The Hall–Kier alpha value is -2.95. The fourth-order valence-corrected chi connectivity index (χ4v) is 2.58. The molecule has 25 heavy (non-hydrogen) atoms. The molecule has 1 N–H and O–H groups in total. The molecule has 1 heterocycles. The summed E-state index contributed by atoms with van der Waals surface area (Å²) < 4.78 is 16.7. The largest absolute Gasteiger partial charge is 0.493 e. The van der Waals surface area contributed by atoms with Crippen LogP contribution in [0.2, 0.25) is 0 Å². The molecule has 0 spiro atoms. The van der Waals surface area contributed by atoms with Crippen molar-refractivity contribution in [3.05, 3.63) is 59.9 Å². The third-order valence-corrected chi connectivity index (χ3v) is 3.91. The maximum Gasteiger partial charge on any atom is 0.287 e. The minimum Gasteiger partial charge on any atom is -0.493 e. The number of amides is 1. The average molecular weight is 339 g/mol. The van der Waals surface area contributed by atoms with E-state index in [0.29, 0.717) is 17.9 Å². The zero-order valence-corrected chi connectivity index (χ0v) is 14.5. The Morgan fingerprint density at radius 3 is 2.68 bits per heavy atom. The molecule has 3 aromatic rings. The van der Waals surface area contributed by atoms with Crippen LogP contribution in [0.25, 0.3) is 11.0 Å². The summed E-state index contributed by atoms with van der Waals surface area (Å²) in [6.07, 6.45) is 0. The van der Waals surface area contributed by atoms with Gasteiger partial charge in [-0.15, -0.1) is 0 Å². The summed E-state index contributed by atoms with van der Waals surface area (Å²) in [7, 11) is 1.57. The fraction of sp³-hybridized carbons (Fsp3) is 0.250. The van der Waals surface area contributed by atoms with Crippen molar-refractivity contribution in [1.29, 1.82) is 0 Å². The highest BCUT2D eigenvalue weighted by Crippen LogP contribution is 2.28. The fourth-order valence-electron chi connectivity index (χ4n) is 2.58. The van der Waals surface area contributed by atoms with Crippen molar-refractivity contribution in [2.75, 3.05) is 13.7 Å². The summed E-state index contributed by atoms with van der Waals surface area (Å²) in [5.41, 5.74) is 1.63. The van der Waals surface area contributed by atoms with Crippen molar-refractivity contribution in [2.45, 2.75) is 19.9 Å². The molecule has 0 fully saturated rings. The minimum atomic E-state index is -0.279. The Kier molecular flexibility index (Phi) is 4.93. The molecule has 0 aliphatic rings. The van der Waals surface area contributed by atoms with Gasteiger partial charge in [0.1, 0.15) is 12.4 Å². The Morgan fingerprint density at radius 1 is 1.16 bits per heavy atom. The third-order valence-electron chi connectivity index (χ3n) is 3.91. The summed E-state index contributed by atoms with van der Waals surface area (Å²) in [6.45, 7) is 4.25. The van der Waals surface area contributed by atoms with Gasteiger partial charge in [-0.3, -0.25) is 4.79 Å². The molecule has 0 saturated carbocycles. The van der Waals surface area contributed by atoms with Crippen LogP contribution < -0.4 is 14.8 Å². The van der Waals surface area contributed by atoms with Gasteiger partial charge in [0, 0.05) is 5.39 Å². The van der Waals surface area contributed by atoms with Crippen LogP contribution in [0.5, 0.6) is 11.5 Å². The number of carbonyl (C=O) groups excluding carboxylic acids is 1. The summed E-state index contributed by atoms with van der Waals surface area (Å²) in [4.78, 5) is 12.4. The van der Waals surface area contributed by atoms with E-state index in [4.69, 9.17) is 13.9 Å². The van der Waals surface area contributed by atoms with Gasteiger partial charge in [0.25, 0.3) is 5.91 Å². The summed E-state index contributed by atoms with van der Waals surface area (Å²) in [6, 6.07) is 14.9. The summed E-state index contributed by atoms with van der Waals surface area (Å²) in [5, 5.41) is 3.71. The highest BCUT2D eigenvalue weighted by Gasteiger charge is 2.17. The van der Waals surface area contributed by atoms with Gasteiger partial charge < -0.3 is 19.2 Å². The third kappa shape index (κ3) is 3.76. The average Bonchev–Trinajstić information content (AvgIpc) is 3.05. The molecule has 0 radical (unpaired) electrons. The lowest BCUT2D eigenvalue weighted by Crippen LogP contribution is -2.36. The number of nitrogens with one attached hydrogen (secondary N) is 1. The van der Waals surface area contributed by atoms with Crippen LogP contribution in [0.4, 0.5) is 0 Å². The first-order valence-corrected chi connectivity index (χ1v) is 8.14. The van der Waals surface area contributed by atoms with E-state index in [0.717, 1.165) is 16.7 Å². The van der Waals surface area contributed by atoms with Gasteiger partial charge in [-0.25, -0.2) is 0 Å². The van der Waals surface area contributed by atoms with Crippen LogP contribution in [-0.4, -0.2) is 25.7 Å². The maximum absolute atomic E-state index is 12.4. The highest BCUT2D eigenvalue weighted by molar-refractivity contribution is 5.97. The van der Waals surface area contributed by atoms with E-state index in [9.17, 15) is 4.79 Å². The quantitative estimate of drug-likeness (QED) is 0.739. The molecule has 2 aromatic carbocycles. The lowest BCUT2D eigenvalue weighted by molar-refractivity contribution is 0.0900. The lowest BCUT2D eigenvalue weighted by Gasteiger charge is -2.15.